The van der Waals surface area contributed by atoms with E-state index < -0.39 is 0 Å². The van der Waals surface area contributed by atoms with Gasteiger partial charge in [-0.1, -0.05) is 36.4 Å². The van der Waals surface area contributed by atoms with E-state index >= 15 is 0 Å². The van der Waals surface area contributed by atoms with Crippen molar-refractivity contribution in [3.8, 4) is 0 Å². The molecule has 0 N–H and O–H groups in total. The van der Waals surface area contributed by atoms with Crippen LogP contribution in [0, 0.1) is 0 Å². The first kappa shape index (κ1) is 12.3. The molecule has 1 heterocycles. The molecular formula is C15H15NO2. The van der Waals surface area contributed by atoms with Gasteiger partial charge in [-0.15, -0.1) is 0 Å². The van der Waals surface area contributed by atoms with Crippen LogP contribution in [0.1, 0.15) is 25.3 Å². The van der Waals surface area contributed by atoms with Crippen LogP contribution in [0.15, 0.2) is 54.4 Å². The van der Waals surface area contributed by atoms with Crippen LogP contribution in [0.5, 0.6) is 0 Å². The van der Waals surface area contributed by atoms with Gasteiger partial charge in [0, 0.05) is 30.8 Å². The normalized spacial score (nSPS) is 18.4. The molecule has 1 aliphatic heterocycles. The van der Waals surface area contributed by atoms with E-state index in [1.807, 2.05) is 36.4 Å². The van der Waals surface area contributed by atoms with Crippen LogP contribution in [0.3, 0.4) is 0 Å². The Labute approximate surface area is 106 Å². The van der Waals surface area contributed by atoms with Crippen molar-refractivity contribution < 1.29 is 9.59 Å². The average molecular weight is 241 g/mol. The number of hydrogen-bond donors (Lipinski definition) is 0. The predicted octanol–water partition coefficient (Wildman–Crippen LogP) is 2.62. The highest BCUT2D eigenvalue weighted by Gasteiger charge is 2.22. The zero-order chi connectivity index (χ0) is 13.1. The molecule has 2 rings (SSSR count). The standard InChI is InChI=1S/C15H15NO2/c1-11(17)15-10-16(12(2)18)9-8-14(15)13-6-4-3-5-7-13/h3-10,14H,1-2H3. The van der Waals surface area contributed by atoms with E-state index in [2.05, 4.69) is 0 Å². The minimum absolute atomic E-state index is 0.0144. The molecule has 1 amide bonds. The summed E-state index contributed by atoms with van der Waals surface area (Å²) in [6.45, 7) is 3.00. The van der Waals surface area contributed by atoms with Crippen molar-refractivity contribution >= 4 is 11.7 Å². The Bertz CT molecular complexity index is 529. The van der Waals surface area contributed by atoms with Gasteiger partial charge in [0.15, 0.2) is 5.78 Å². The number of carbonyl (C=O) groups is 2. The van der Waals surface area contributed by atoms with Crippen LogP contribution in [0.2, 0.25) is 0 Å². The highest BCUT2D eigenvalue weighted by molar-refractivity contribution is 5.96. The van der Waals surface area contributed by atoms with Gasteiger partial charge in [-0.25, -0.2) is 0 Å². The molecule has 3 nitrogen and oxygen atoms in total. The maximum atomic E-state index is 11.7. The van der Waals surface area contributed by atoms with E-state index in [-0.39, 0.29) is 17.6 Å². The second-order valence-electron chi connectivity index (χ2n) is 4.30. The Morgan fingerprint density at radius 2 is 1.78 bits per heavy atom. The second kappa shape index (κ2) is 5.00. The Kier molecular flexibility index (Phi) is 3.42. The summed E-state index contributed by atoms with van der Waals surface area (Å²) < 4.78 is 0. The van der Waals surface area contributed by atoms with Crippen molar-refractivity contribution in [2.75, 3.05) is 0 Å². The van der Waals surface area contributed by atoms with E-state index in [0.29, 0.717) is 5.57 Å². The van der Waals surface area contributed by atoms with E-state index in [9.17, 15) is 9.59 Å². The van der Waals surface area contributed by atoms with Gasteiger partial charge in [-0.2, -0.15) is 0 Å². The van der Waals surface area contributed by atoms with Gasteiger partial charge >= 0.3 is 0 Å². The fourth-order valence-electron chi connectivity index (χ4n) is 2.01. The van der Waals surface area contributed by atoms with Crippen LogP contribution in [0.25, 0.3) is 0 Å². The zero-order valence-corrected chi connectivity index (χ0v) is 10.5. The Hall–Kier alpha value is -2.16. The third-order valence-electron chi connectivity index (χ3n) is 2.98. The maximum absolute atomic E-state index is 11.7. The molecule has 0 aliphatic carbocycles. The first-order valence-corrected chi connectivity index (χ1v) is 5.84. The Balaban J connectivity index is 2.38. The quantitative estimate of drug-likeness (QED) is 0.798. The number of allylic oxidation sites excluding steroid dienone is 2. The summed E-state index contributed by atoms with van der Waals surface area (Å²) in [5.74, 6) is -0.185. The first-order valence-electron chi connectivity index (χ1n) is 5.84. The van der Waals surface area contributed by atoms with Gasteiger partial charge in [0.1, 0.15) is 0 Å². The van der Waals surface area contributed by atoms with Crippen molar-refractivity contribution in [1.82, 2.24) is 4.90 Å². The molecule has 3 heteroatoms. The van der Waals surface area contributed by atoms with Gasteiger partial charge in [0.25, 0.3) is 0 Å². The molecule has 0 radical (unpaired) electrons. The Morgan fingerprint density at radius 1 is 1.11 bits per heavy atom. The van der Waals surface area contributed by atoms with Crippen LogP contribution in [-0.4, -0.2) is 16.6 Å². The summed E-state index contributed by atoms with van der Waals surface area (Å²) in [6, 6.07) is 9.79. The SMILES string of the molecule is CC(=O)C1=CN(C(C)=O)C=CC1c1ccccc1. The van der Waals surface area contributed by atoms with Gasteiger partial charge in [0.2, 0.25) is 5.91 Å². The molecule has 1 aliphatic rings. The topological polar surface area (TPSA) is 37.4 Å². The van der Waals surface area contributed by atoms with Crippen molar-refractivity contribution in [3.05, 3.63) is 59.9 Å². The lowest BCUT2D eigenvalue weighted by Gasteiger charge is -2.24. The minimum Gasteiger partial charge on any atom is -0.295 e. The lowest BCUT2D eigenvalue weighted by molar-refractivity contribution is -0.124. The number of amides is 1. The maximum Gasteiger partial charge on any atom is 0.227 e. The van der Waals surface area contributed by atoms with Crippen molar-refractivity contribution in [2.45, 2.75) is 19.8 Å². The molecule has 1 unspecified atom stereocenters. The van der Waals surface area contributed by atoms with E-state index in [4.69, 9.17) is 0 Å². The highest BCUT2D eigenvalue weighted by atomic mass is 16.2. The van der Waals surface area contributed by atoms with Gasteiger partial charge in [-0.05, 0) is 12.5 Å². The molecule has 1 aromatic rings. The molecule has 1 atom stereocenters. The molecule has 0 fully saturated rings. The number of carbonyl (C=O) groups excluding carboxylic acids is 2. The van der Waals surface area contributed by atoms with Gasteiger partial charge in [0.05, 0.1) is 0 Å². The molecule has 0 bridgehead atoms. The number of Topliss-reactive ketones (excluding diaryl/α,β-unsaturated/α-hetero) is 1. The van der Waals surface area contributed by atoms with Crippen molar-refractivity contribution in [3.63, 3.8) is 0 Å². The monoisotopic (exact) mass is 241 g/mol. The molecule has 18 heavy (non-hydrogen) atoms. The number of hydrogen-bond acceptors (Lipinski definition) is 2. The number of nitrogens with zero attached hydrogens (tertiary/aromatic N) is 1. The lowest BCUT2D eigenvalue weighted by Crippen LogP contribution is -2.23. The lowest BCUT2D eigenvalue weighted by atomic mass is 9.88. The van der Waals surface area contributed by atoms with E-state index in [1.165, 1.54) is 18.7 Å². The number of ketones is 1. The van der Waals surface area contributed by atoms with Crippen LogP contribution < -0.4 is 0 Å². The first-order chi connectivity index (χ1) is 8.59. The van der Waals surface area contributed by atoms with Crippen LogP contribution in [0.4, 0.5) is 0 Å². The van der Waals surface area contributed by atoms with E-state index in [0.717, 1.165) is 5.56 Å². The summed E-state index contributed by atoms with van der Waals surface area (Å²) in [4.78, 5) is 24.5. The van der Waals surface area contributed by atoms with Crippen molar-refractivity contribution in [2.24, 2.45) is 0 Å². The van der Waals surface area contributed by atoms with Crippen molar-refractivity contribution in [1.29, 1.82) is 0 Å². The summed E-state index contributed by atoms with van der Waals surface area (Å²) >= 11 is 0. The summed E-state index contributed by atoms with van der Waals surface area (Å²) in [5.41, 5.74) is 1.69. The molecule has 0 saturated carbocycles. The summed E-state index contributed by atoms with van der Waals surface area (Å²) in [5, 5.41) is 0. The number of rotatable bonds is 2. The van der Waals surface area contributed by atoms with Gasteiger partial charge < -0.3 is 0 Å². The van der Waals surface area contributed by atoms with Crippen LogP contribution >= 0.6 is 0 Å². The largest absolute Gasteiger partial charge is 0.295 e. The second-order valence-corrected chi connectivity index (χ2v) is 4.30. The zero-order valence-electron chi connectivity index (χ0n) is 10.5. The molecule has 0 spiro atoms. The smallest absolute Gasteiger partial charge is 0.227 e. The summed E-state index contributed by atoms with van der Waals surface area (Å²) in [6.07, 6.45) is 5.22. The molecule has 0 saturated heterocycles. The third kappa shape index (κ3) is 2.40. The fourth-order valence-corrected chi connectivity index (χ4v) is 2.01. The molecule has 0 aromatic heterocycles. The van der Waals surface area contributed by atoms with Gasteiger partial charge in [-0.3, -0.25) is 14.5 Å². The molecular weight excluding hydrogens is 226 g/mol. The summed E-state index contributed by atoms with van der Waals surface area (Å²) in [7, 11) is 0. The highest BCUT2D eigenvalue weighted by Crippen LogP contribution is 2.30. The molecule has 92 valence electrons. The minimum atomic E-state index is -0.100. The Morgan fingerprint density at radius 3 is 2.33 bits per heavy atom. The van der Waals surface area contributed by atoms with E-state index in [1.54, 1.807) is 12.4 Å². The fraction of sp³-hybridized carbons (Fsp3) is 0.200. The van der Waals surface area contributed by atoms with Crippen LogP contribution in [-0.2, 0) is 9.59 Å². The predicted molar refractivity (Wildman–Crippen MR) is 69.6 cm³/mol. The average Bonchev–Trinajstić information content (AvgIpc) is 2.39. The number of benzene rings is 1. The third-order valence-corrected chi connectivity index (χ3v) is 2.98. The molecule has 1 aromatic carbocycles.